The van der Waals surface area contributed by atoms with Crippen molar-refractivity contribution in [2.75, 3.05) is 5.75 Å². The summed E-state index contributed by atoms with van der Waals surface area (Å²) in [5.41, 5.74) is 6.81. The first kappa shape index (κ1) is 15.6. The van der Waals surface area contributed by atoms with Gasteiger partial charge in [0.15, 0.2) is 0 Å². The first-order chi connectivity index (χ1) is 9.56. The summed E-state index contributed by atoms with van der Waals surface area (Å²) in [6.07, 6.45) is 0.536. The van der Waals surface area contributed by atoms with Gasteiger partial charge in [0.2, 0.25) is 0 Å². The van der Waals surface area contributed by atoms with Crippen molar-refractivity contribution in [2.24, 2.45) is 5.73 Å². The largest absolute Gasteiger partial charge is 0.327 e. The van der Waals surface area contributed by atoms with Gasteiger partial charge in [0.1, 0.15) is 5.82 Å². The van der Waals surface area contributed by atoms with Crippen molar-refractivity contribution in [1.29, 1.82) is 0 Å². The van der Waals surface area contributed by atoms with E-state index >= 15 is 0 Å². The van der Waals surface area contributed by atoms with Crippen LogP contribution in [0.1, 0.15) is 5.56 Å². The first-order valence-corrected chi connectivity index (χ1v) is 7.87. The molecule has 0 saturated heterocycles. The zero-order valence-corrected chi connectivity index (χ0v) is 13.0. The van der Waals surface area contributed by atoms with Gasteiger partial charge < -0.3 is 5.73 Å². The first-order valence-electron chi connectivity index (χ1n) is 6.13. The lowest BCUT2D eigenvalue weighted by Gasteiger charge is -2.13. The van der Waals surface area contributed by atoms with Crippen molar-refractivity contribution >= 4 is 35.0 Å². The fourth-order valence-electron chi connectivity index (χ4n) is 1.80. The molecule has 0 radical (unpaired) electrons. The minimum absolute atomic E-state index is 0.115. The second kappa shape index (κ2) is 7.32. The van der Waals surface area contributed by atoms with E-state index in [1.165, 1.54) is 12.1 Å². The van der Waals surface area contributed by atoms with Crippen LogP contribution < -0.4 is 5.73 Å². The monoisotopic (exact) mass is 329 g/mol. The summed E-state index contributed by atoms with van der Waals surface area (Å²) in [6, 6.07) is 11.8. The highest BCUT2D eigenvalue weighted by Crippen LogP contribution is 2.27. The van der Waals surface area contributed by atoms with E-state index in [0.29, 0.717) is 22.2 Å². The van der Waals surface area contributed by atoms with Crippen LogP contribution in [0.4, 0.5) is 4.39 Å². The molecule has 0 aromatic heterocycles. The standard InChI is InChI=1S/C15H14Cl2FNS/c16-13-6-5-11(18)7-10(13)8-12(19)9-20-15-4-2-1-3-14(15)17/h1-7,12H,8-9,19H2. The highest BCUT2D eigenvalue weighted by atomic mass is 35.5. The molecule has 0 amide bonds. The second-order valence-electron chi connectivity index (χ2n) is 4.44. The van der Waals surface area contributed by atoms with E-state index < -0.39 is 0 Å². The molecule has 2 aromatic carbocycles. The Morgan fingerprint density at radius 1 is 1.10 bits per heavy atom. The smallest absolute Gasteiger partial charge is 0.123 e. The van der Waals surface area contributed by atoms with Crippen LogP contribution in [0, 0.1) is 5.82 Å². The molecular formula is C15H14Cl2FNS. The van der Waals surface area contributed by atoms with Gasteiger partial charge in [-0.2, -0.15) is 0 Å². The molecule has 0 fully saturated rings. The van der Waals surface area contributed by atoms with Crippen LogP contribution in [0.5, 0.6) is 0 Å². The van der Waals surface area contributed by atoms with E-state index in [1.807, 2.05) is 24.3 Å². The highest BCUT2D eigenvalue weighted by Gasteiger charge is 2.10. The molecule has 0 spiro atoms. The highest BCUT2D eigenvalue weighted by molar-refractivity contribution is 7.99. The van der Waals surface area contributed by atoms with E-state index in [4.69, 9.17) is 28.9 Å². The Morgan fingerprint density at radius 2 is 1.85 bits per heavy atom. The molecule has 0 heterocycles. The number of rotatable bonds is 5. The van der Waals surface area contributed by atoms with Gasteiger partial charge in [-0.05, 0) is 42.3 Å². The Morgan fingerprint density at radius 3 is 2.60 bits per heavy atom. The van der Waals surface area contributed by atoms with Gasteiger partial charge >= 0.3 is 0 Å². The molecule has 2 rings (SSSR count). The van der Waals surface area contributed by atoms with Crippen molar-refractivity contribution < 1.29 is 4.39 Å². The third-order valence-electron chi connectivity index (χ3n) is 2.78. The number of thioether (sulfide) groups is 1. The van der Waals surface area contributed by atoms with Crippen molar-refractivity contribution in [3.8, 4) is 0 Å². The van der Waals surface area contributed by atoms with Crippen LogP contribution in [-0.4, -0.2) is 11.8 Å². The number of nitrogens with two attached hydrogens (primary N) is 1. The van der Waals surface area contributed by atoms with Gasteiger partial charge in [-0.15, -0.1) is 11.8 Å². The van der Waals surface area contributed by atoms with Crippen LogP contribution in [0.2, 0.25) is 10.0 Å². The van der Waals surface area contributed by atoms with Gasteiger partial charge in [0.25, 0.3) is 0 Å². The Labute approximate surface area is 132 Å². The van der Waals surface area contributed by atoms with Gasteiger partial charge in [-0.1, -0.05) is 35.3 Å². The molecule has 0 aliphatic rings. The SMILES string of the molecule is NC(CSc1ccccc1Cl)Cc1cc(F)ccc1Cl. The van der Waals surface area contributed by atoms with Gasteiger partial charge in [0, 0.05) is 21.7 Å². The molecule has 2 N–H and O–H groups in total. The predicted molar refractivity (Wildman–Crippen MR) is 85.3 cm³/mol. The molecule has 0 aliphatic heterocycles. The van der Waals surface area contributed by atoms with Crippen LogP contribution in [-0.2, 0) is 6.42 Å². The van der Waals surface area contributed by atoms with Gasteiger partial charge in [-0.25, -0.2) is 4.39 Å². The number of halogens is 3. The molecule has 106 valence electrons. The lowest BCUT2D eigenvalue weighted by molar-refractivity contribution is 0.623. The van der Waals surface area contributed by atoms with E-state index in [2.05, 4.69) is 0 Å². The van der Waals surface area contributed by atoms with E-state index in [9.17, 15) is 4.39 Å². The predicted octanol–water partition coefficient (Wildman–Crippen LogP) is 4.79. The minimum atomic E-state index is -0.296. The maximum atomic E-state index is 13.2. The zero-order chi connectivity index (χ0) is 14.5. The van der Waals surface area contributed by atoms with Crippen molar-refractivity contribution in [3.63, 3.8) is 0 Å². The Hall–Kier alpha value is -0.740. The summed E-state index contributed by atoms with van der Waals surface area (Å²) in [5, 5.41) is 1.26. The van der Waals surface area contributed by atoms with Crippen LogP contribution in [0.15, 0.2) is 47.4 Å². The summed E-state index contributed by atoms with van der Waals surface area (Å²) < 4.78 is 13.2. The quantitative estimate of drug-likeness (QED) is 0.798. The maximum absolute atomic E-state index is 13.2. The summed E-state index contributed by atoms with van der Waals surface area (Å²) in [6.45, 7) is 0. The Bertz CT molecular complexity index is 592. The maximum Gasteiger partial charge on any atom is 0.123 e. The Kier molecular flexibility index (Phi) is 5.73. The number of hydrogen-bond donors (Lipinski definition) is 1. The number of benzene rings is 2. The molecule has 1 unspecified atom stereocenters. The number of hydrogen-bond acceptors (Lipinski definition) is 2. The summed E-state index contributed by atoms with van der Waals surface area (Å²) >= 11 is 13.7. The van der Waals surface area contributed by atoms with E-state index in [-0.39, 0.29) is 11.9 Å². The lowest BCUT2D eigenvalue weighted by atomic mass is 10.1. The third-order valence-corrected chi connectivity index (χ3v) is 4.85. The molecule has 0 saturated carbocycles. The average molecular weight is 330 g/mol. The third kappa shape index (κ3) is 4.38. The van der Waals surface area contributed by atoms with Gasteiger partial charge in [-0.3, -0.25) is 0 Å². The summed E-state index contributed by atoms with van der Waals surface area (Å²) in [4.78, 5) is 0.995. The Balaban J connectivity index is 1.94. The molecule has 0 aliphatic carbocycles. The fraction of sp³-hybridized carbons (Fsp3) is 0.200. The summed E-state index contributed by atoms with van der Waals surface area (Å²) in [5.74, 6) is 0.395. The molecule has 20 heavy (non-hydrogen) atoms. The van der Waals surface area contributed by atoms with Crippen LogP contribution >= 0.6 is 35.0 Å². The molecular weight excluding hydrogens is 316 g/mol. The van der Waals surface area contributed by atoms with Crippen molar-refractivity contribution in [1.82, 2.24) is 0 Å². The lowest BCUT2D eigenvalue weighted by Crippen LogP contribution is -2.25. The van der Waals surface area contributed by atoms with Crippen molar-refractivity contribution in [3.05, 3.63) is 63.9 Å². The topological polar surface area (TPSA) is 26.0 Å². The molecule has 1 nitrogen and oxygen atoms in total. The van der Waals surface area contributed by atoms with Crippen molar-refractivity contribution in [2.45, 2.75) is 17.4 Å². The minimum Gasteiger partial charge on any atom is -0.327 e. The average Bonchev–Trinajstić information content (AvgIpc) is 2.42. The second-order valence-corrected chi connectivity index (χ2v) is 6.32. The normalized spacial score (nSPS) is 12.4. The van der Waals surface area contributed by atoms with E-state index in [0.717, 1.165) is 10.5 Å². The van der Waals surface area contributed by atoms with Gasteiger partial charge in [0.05, 0.1) is 5.02 Å². The molecule has 1 atom stereocenters. The summed E-state index contributed by atoms with van der Waals surface area (Å²) in [7, 11) is 0. The van der Waals surface area contributed by atoms with E-state index in [1.54, 1.807) is 17.8 Å². The molecule has 0 bridgehead atoms. The molecule has 5 heteroatoms. The van der Waals surface area contributed by atoms with Crippen LogP contribution in [0.3, 0.4) is 0 Å². The molecule has 2 aromatic rings. The fourth-order valence-corrected chi connectivity index (χ4v) is 3.19. The zero-order valence-electron chi connectivity index (χ0n) is 10.7. The van der Waals surface area contributed by atoms with Crippen LogP contribution in [0.25, 0.3) is 0 Å².